The molecule has 0 unspecified atom stereocenters. The topological polar surface area (TPSA) is 62.2 Å². The number of nitrogens with zero attached hydrogens (tertiary/aromatic N) is 3. The van der Waals surface area contributed by atoms with Crippen LogP contribution in [0.15, 0.2) is 18.7 Å². The molecule has 2 aliphatic heterocycles. The van der Waals surface area contributed by atoms with Gasteiger partial charge in [-0.2, -0.15) is 0 Å². The summed E-state index contributed by atoms with van der Waals surface area (Å²) in [5, 5.41) is 6.18. The molecule has 6 heteroatoms. The minimum absolute atomic E-state index is 0.000238. The molecule has 2 atom stereocenters. The molecular weight excluding hydrogens is 290 g/mol. The van der Waals surface area contributed by atoms with E-state index in [1.165, 1.54) is 19.3 Å². The quantitative estimate of drug-likeness (QED) is 0.788. The van der Waals surface area contributed by atoms with Crippen LogP contribution in [0.2, 0.25) is 0 Å². The van der Waals surface area contributed by atoms with E-state index >= 15 is 0 Å². The number of hydrogen-bond acceptors (Lipinski definition) is 3. The molecule has 23 heavy (non-hydrogen) atoms. The number of nitrogens with one attached hydrogen (secondary N) is 2. The molecule has 0 aliphatic carbocycles. The van der Waals surface area contributed by atoms with Crippen LogP contribution in [0.3, 0.4) is 0 Å². The van der Waals surface area contributed by atoms with Gasteiger partial charge in [0.05, 0.1) is 6.33 Å². The number of hydrogen-bond donors (Lipinski definition) is 2. The summed E-state index contributed by atoms with van der Waals surface area (Å²) in [5.41, 5.74) is 0. The molecule has 3 rings (SSSR count). The zero-order valence-electron chi connectivity index (χ0n) is 14.1. The maximum atomic E-state index is 12.1. The minimum atomic E-state index is 0.000238. The Balaban J connectivity index is 1.30. The number of aromatic nitrogens is 2. The van der Waals surface area contributed by atoms with E-state index in [1.54, 1.807) is 6.20 Å². The van der Waals surface area contributed by atoms with Gasteiger partial charge in [0.1, 0.15) is 0 Å². The van der Waals surface area contributed by atoms with Crippen LogP contribution in [0.5, 0.6) is 0 Å². The molecule has 0 aromatic carbocycles. The van der Waals surface area contributed by atoms with Crippen molar-refractivity contribution >= 4 is 6.03 Å². The Hall–Kier alpha value is -1.56. The van der Waals surface area contributed by atoms with E-state index in [1.807, 2.05) is 12.5 Å². The molecule has 2 aliphatic rings. The van der Waals surface area contributed by atoms with Crippen molar-refractivity contribution < 1.29 is 4.79 Å². The van der Waals surface area contributed by atoms with Gasteiger partial charge in [0, 0.05) is 43.6 Å². The molecular formula is C17H29N5O. The number of imidazole rings is 1. The van der Waals surface area contributed by atoms with Crippen LogP contribution < -0.4 is 10.6 Å². The number of carbonyl (C=O) groups excluding carboxylic acids is 1. The molecule has 2 amide bonds. The molecule has 0 radical (unpaired) electrons. The summed E-state index contributed by atoms with van der Waals surface area (Å²) in [7, 11) is 2.24. The van der Waals surface area contributed by atoms with E-state index in [2.05, 4.69) is 32.1 Å². The number of piperidine rings is 2. The maximum Gasteiger partial charge on any atom is 0.315 e. The Labute approximate surface area is 138 Å². The Morgan fingerprint density at radius 2 is 2.04 bits per heavy atom. The number of aryl methyl sites for hydroxylation is 1. The summed E-state index contributed by atoms with van der Waals surface area (Å²) in [6.07, 6.45) is 13.7. The molecule has 1 aromatic rings. The standard InChI is InChI=1S/C17H29N5O/c1-21-15-5-4-6-16(21)12-14(11-15)20-17(23)19-7-2-3-9-22-10-8-18-13-22/h8,10,13-16H,2-7,9,11-12H2,1H3,(H2,19,20,23)/t15-,16-/m0/s1. The van der Waals surface area contributed by atoms with Crippen LogP contribution in [0.25, 0.3) is 0 Å². The van der Waals surface area contributed by atoms with Crippen LogP contribution in [0, 0.1) is 0 Å². The van der Waals surface area contributed by atoms with Gasteiger partial charge in [-0.15, -0.1) is 0 Å². The van der Waals surface area contributed by atoms with Crippen molar-refractivity contribution in [2.45, 2.75) is 69.6 Å². The first-order chi connectivity index (χ1) is 11.2. The fourth-order valence-electron chi connectivity index (χ4n) is 4.01. The third-order valence-electron chi connectivity index (χ3n) is 5.36. The SMILES string of the molecule is CN1[C@H]2CCC[C@H]1CC(NC(=O)NCCCCn1ccnc1)C2. The van der Waals surface area contributed by atoms with Crippen molar-refractivity contribution in [3.63, 3.8) is 0 Å². The van der Waals surface area contributed by atoms with Crippen LogP contribution in [0.1, 0.15) is 44.9 Å². The summed E-state index contributed by atoms with van der Waals surface area (Å²) in [6, 6.07) is 1.65. The highest BCUT2D eigenvalue weighted by atomic mass is 16.2. The third kappa shape index (κ3) is 4.47. The molecule has 0 spiro atoms. The molecule has 128 valence electrons. The van der Waals surface area contributed by atoms with Crippen molar-refractivity contribution in [3.05, 3.63) is 18.7 Å². The number of amides is 2. The highest BCUT2D eigenvalue weighted by molar-refractivity contribution is 5.74. The van der Waals surface area contributed by atoms with Crippen molar-refractivity contribution in [2.75, 3.05) is 13.6 Å². The summed E-state index contributed by atoms with van der Waals surface area (Å²) < 4.78 is 2.07. The van der Waals surface area contributed by atoms with Crippen LogP contribution in [-0.4, -0.2) is 52.2 Å². The van der Waals surface area contributed by atoms with Gasteiger partial charge >= 0.3 is 6.03 Å². The van der Waals surface area contributed by atoms with Crippen LogP contribution in [0.4, 0.5) is 4.79 Å². The van der Waals surface area contributed by atoms with Gasteiger partial charge in [-0.1, -0.05) is 6.42 Å². The van der Waals surface area contributed by atoms with Crippen LogP contribution in [-0.2, 0) is 6.54 Å². The average Bonchev–Trinajstić information content (AvgIpc) is 3.01. The zero-order valence-corrected chi connectivity index (χ0v) is 14.1. The molecule has 6 nitrogen and oxygen atoms in total. The first kappa shape index (κ1) is 16.3. The first-order valence-electron chi connectivity index (χ1n) is 8.94. The number of fused-ring (bicyclic) bond motifs is 2. The van der Waals surface area contributed by atoms with Gasteiger partial charge in [0.25, 0.3) is 0 Å². The smallest absolute Gasteiger partial charge is 0.315 e. The molecule has 2 bridgehead atoms. The number of carbonyl (C=O) groups is 1. The second-order valence-electron chi connectivity index (χ2n) is 6.98. The van der Waals surface area contributed by atoms with E-state index in [0.717, 1.165) is 38.8 Å². The normalized spacial score (nSPS) is 27.6. The Kier molecular flexibility index (Phi) is 5.54. The van der Waals surface area contributed by atoms with Gasteiger partial charge in [0.2, 0.25) is 0 Å². The summed E-state index contributed by atoms with van der Waals surface area (Å²) >= 11 is 0. The molecule has 1 aromatic heterocycles. The lowest BCUT2D eigenvalue weighted by Crippen LogP contribution is -2.56. The van der Waals surface area contributed by atoms with Crippen LogP contribution >= 0.6 is 0 Å². The second-order valence-corrected chi connectivity index (χ2v) is 6.98. The molecule has 2 saturated heterocycles. The number of rotatable bonds is 6. The highest BCUT2D eigenvalue weighted by Gasteiger charge is 2.36. The molecule has 3 heterocycles. The lowest BCUT2D eigenvalue weighted by Gasteiger charge is -2.47. The van der Waals surface area contributed by atoms with Gasteiger partial charge < -0.3 is 20.1 Å². The first-order valence-corrected chi connectivity index (χ1v) is 8.94. The zero-order chi connectivity index (χ0) is 16.1. The predicted octanol–water partition coefficient (Wildman–Crippen LogP) is 1.98. The van der Waals surface area contributed by atoms with E-state index in [0.29, 0.717) is 18.1 Å². The summed E-state index contributed by atoms with van der Waals surface area (Å²) in [6.45, 7) is 1.70. The second kappa shape index (κ2) is 7.81. The van der Waals surface area contributed by atoms with E-state index < -0.39 is 0 Å². The monoisotopic (exact) mass is 319 g/mol. The van der Waals surface area contributed by atoms with Crippen molar-refractivity contribution in [1.29, 1.82) is 0 Å². The average molecular weight is 319 g/mol. The lowest BCUT2D eigenvalue weighted by atomic mass is 9.82. The molecule has 0 saturated carbocycles. The van der Waals surface area contributed by atoms with Gasteiger partial charge in [-0.25, -0.2) is 9.78 Å². The van der Waals surface area contributed by atoms with E-state index in [9.17, 15) is 4.79 Å². The largest absolute Gasteiger partial charge is 0.338 e. The maximum absolute atomic E-state index is 12.1. The van der Waals surface area contributed by atoms with Gasteiger partial charge in [-0.05, 0) is 45.6 Å². The van der Waals surface area contributed by atoms with Crippen molar-refractivity contribution in [2.24, 2.45) is 0 Å². The number of urea groups is 1. The Morgan fingerprint density at radius 3 is 2.74 bits per heavy atom. The lowest BCUT2D eigenvalue weighted by molar-refractivity contribution is 0.0509. The van der Waals surface area contributed by atoms with E-state index in [4.69, 9.17) is 0 Å². The summed E-state index contributed by atoms with van der Waals surface area (Å²) in [4.78, 5) is 18.6. The fourth-order valence-corrected chi connectivity index (χ4v) is 4.01. The molecule has 2 fully saturated rings. The number of unbranched alkanes of at least 4 members (excludes halogenated alkanes) is 1. The molecule has 2 N–H and O–H groups in total. The predicted molar refractivity (Wildman–Crippen MR) is 90.2 cm³/mol. The van der Waals surface area contributed by atoms with Gasteiger partial charge in [-0.3, -0.25) is 0 Å². The summed E-state index contributed by atoms with van der Waals surface area (Å²) in [5.74, 6) is 0. The minimum Gasteiger partial charge on any atom is -0.338 e. The fraction of sp³-hybridized carbons (Fsp3) is 0.765. The van der Waals surface area contributed by atoms with Crippen molar-refractivity contribution in [3.8, 4) is 0 Å². The Bertz CT molecular complexity index is 475. The van der Waals surface area contributed by atoms with Gasteiger partial charge in [0.15, 0.2) is 0 Å². The third-order valence-corrected chi connectivity index (χ3v) is 5.36. The Morgan fingerprint density at radius 1 is 1.26 bits per heavy atom. The van der Waals surface area contributed by atoms with E-state index in [-0.39, 0.29) is 6.03 Å². The highest BCUT2D eigenvalue weighted by Crippen LogP contribution is 2.32. The van der Waals surface area contributed by atoms with Crippen molar-refractivity contribution in [1.82, 2.24) is 25.1 Å².